The zero-order chi connectivity index (χ0) is 13.2. The Morgan fingerprint density at radius 2 is 1.74 bits per heavy atom. The molecule has 0 atom stereocenters. The van der Waals surface area contributed by atoms with Gasteiger partial charge in [-0.25, -0.2) is 0 Å². The summed E-state index contributed by atoms with van der Waals surface area (Å²) in [7, 11) is 0. The normalized spacial score (nSPS) is 14.9. The van der Waals surface area contributed by atoms with Crippen molar-refractivity contribution in [2.45, 2.75) is 20.4 Å². The summed E-state index contributed by atoms with van der Waals surface area (Å²) in [6.45, 7) is 7.32. The van der Waals surface area contributed by atoms with Gasteiger partial charge in [-0.2, -0.15) is 0 Å². The largest absolute Gasteiger partial charge is 0.340 e. The quantitative estimate of drug-likeness (QED) is 0.835. The van der Waals surface area contributed by atoms with Gasteiger partial charge in [-0.05, 0) is 48.7 Å². The molecule has 0 radical (unpaired) electrons. The molecule has 98 valence electrons. The summed E-state index contributed by atoms with van der Waals surface area (Å²) < 4.78 is 0. The van der Waals surface area contributed by atoms with Crippen molar-refractivity contribution in [3.63, 3.8) is 0 Å². The lowest BCUT2D eigenvalue weighted by molar-refractivity contribution is 0.712. The van der Waals surface area contributed by atoms with Crippen LogP contribution in [0.3, 0.4) is 0 Å². The fourth-order valence-corrected chi connectivity index (χ4v) is 2.83. The molecule has 2 aromatic rings. The zero-order valence-electron chi connectivity index (χ0n) is 11.6. The molecular formula is C17H20N2. The number of nitrogens with one attached hydrogen (secondary N) is 1. The number of para-hydroxylation sites is 1. The standard InChI is InChI=1S/C17H20N2/c1-13-9-14(2)11-16(10-13)19-8-7-18-12-15-5-3-4-6-17(15)19/h3-6,9-11,18H,7-8,12H2,1-2H3. The van der Waals surface area contributed by atoms with Gasteiger partial charge in [0.2, 0.25) is 0 Å². The Kier molecular flexibility index (Phi) is 3.26. The molecule has 1 N–H and O–H groups in total. The second kappa shape index (κ2) is 5.06. The Morgan fingerprint density at radius 3 is 2.53 bits per heavy atom. The van der Waals surface area contributed by atoms with Gasteiger partial charge in [0.1, 0.15) is 0 Å². The van der Waals surface area contributed by atoms with Crippen molar-refractivity contribution in [3.05, 3.63) is 59.2 Å². The molecule has 0 aliphatic carbocycles. The van der Waals surface area contributed by atoms with E-state index in [1.807, 2.05) is 0 Å². The number of hydrogen-bond acceptors (Lipinski definition) is 2. The van der Waals surface area contributed by atoms with E-state index in [9.17, 15) is 0 Å². The Balaban J connectivity index is 2.09. The van der Waals surface area contributed by atoms with Gasteiger partial charge in [0, 0.05) is 31.0 Å². The summed E-state index contributed by atoms with van der Waals surface area (Å²) in [6.07, 6.45) is 0. The van der Waals surface area contributed by atoms with E-state index in [2.05, 4.69) is 66.5 Å². The van der Waals surface area contributed by atoms with E-state index in [0.29, 0.717) is 0 Å². The lowest BCUT2D eigenvalue weighted by Crippen LogP contribution is -2.24. The first-order valence-corrected chi connectivity index (χ1v) is 6.88. The van der Waals surface area contributed by atoms with Gasteiger partial charge in [0.05, 0.1) is 0 Å². The van der Waals surface area contributed by atoms with Crippen LogP contribution >= 0.6 is 0 Å². The molecule has 19 heavy (non-hydrogen) atoms. The summed E-state index contributed by atoms with van der Waals surface area (Å²) in [4.78, 5) is 2.43. The van der Waals surface area contributed by atoms with Gasteiger partial charge >= 0.3 is 0 Å². The summed E-state index contributed by atoms with van der Waals surface area (Å²) in [5.41, 5.74) is 6.65. The first-order valence-electron chi connectivity index (χ1n) is 6.88. The molecule has 2 nitrogen and oxygen atoms in total. The summed E-state index contributed by atoms with van der Waals surface area (Å²) in [5, 5.41) is 3.49. The number of hydrogen-bond donors (Lipinski definition) is 1. The molecule has 0 aromatic heterocycles. The van der Waals surface area contributed by atoms with Crippen LogP contribution in [0, 0.1) is 13.8 Å². The maximum atomic E-state index is 3.49. The van der Waals surface area contributed by atoms with Crippen molar-refractivity contribution in [2.24, 2.45) is 0 Å². The Hall–Kier alpha value is -1.80. The molecular weight excluding hydrogens is 232 g/mol. The van der Waals surface area contributed by atoms with Crippen molar-refractivity contribution in [1.82, 2.24) is 5.32 Å². The van der Waals surface area contributed by atoms with Crippen molar-refractivity contribution < 1.29 is 0 Å². The highest BCUT2D eigenvalue weighted by Gasteiger charge is 2.16. The third kappa shape index (κ3) is 2.49. The Morgan fingerprint density at radius 1 is 1.00 bits per heavy atom. The third-order valence-corrected chi connectivity index (χ3v) is 3.63. The molecule has 0 amide bonds. The second-order valence-electron chi connectivity index (χ2n) is 5.30. The minimum absolute atomic E-state index is 0.956. The molecule has 2 aromatic carbocycles. The smallest absolute Gasteiger partial charge is 0.0456 e. The average Bonchev–Trinajstić information content (AvgIpc) is 2.59. The number of fused-ring (bicyclic) bond motifs is 1. The monoisotopic (exact) mass is 252 g/mol. The fourth-order valence-electron chi connectivity index (χ4n) is 2.83. The van der Waals surface area contributed by atoms with Crippen LogP contribution in [0.25, 0.3) is 0 Å². The SMILES string of the molecule is Cc1cc(C)cc(N2CCNCc3ccccc32)c1. The first kappa shape index (κ1) is 12.2. The zero-order valence-corrected chi connectivity index (χ0v) is 11.6. The number of anilines is 2. The van der Waals surface area contributed by atoms with Crippen LogP contribution in [-0.4, -0.2) is 13.1 Å². The molecule has 0 unspecified atom stereocenters. The van der Waals surface area contributed by atoms with Crippen molar-refractivity contribution in [3.8, 4) is 0 Å². The third-order valence-electron chi connectivity index (χ3n) is 3.63. The predicted octanol–water partition coefficient (Wildman–Crippen LogP) is 3.54. The van der Waals surface area contributed by atoms with Crippen LogP contribution < -0.4 is 10.2 Å². The van der Waals surface area contributed by atoms with Crippen molar-refractivity contribution in [1.29, 1.82) is 0 Å². The molecule has 0 fully saturated rings. The molecule has 0 spiro atoms. The molecule has 3 rings (SSSR count). The van der Waals surface area contributed by atoms with Gasteiger partial charge in [0.15, 0.2) is 0 Å². The number of benzene rings is 2. The maximum absolute atomic E-state index is 3.49. The molecule has 0 bridgehead atoms. The molecule has 1 aliphatic rings. The highest BCUT2D eigenvalue weighted by atomic mass is 15.2. The second-order valence-corrected chi connectivity index (χ2v) is 5.30. The van der Waals surface area contributed by atoms with E-state index in [-0.39, 0.29) is 0 Å². The Bertz CT molecular complexity index is 569. The van der Waals surface area contributed by atoms with Gasteiger partial charge in [0.25, 0.3) is 0 Å². The molecule has 0 saturated heterocycles. The molecule has 1 heterocycles. The highest BCUT2D eigenvalue weighted by Crippen LogP contribution is 2.30. The fraction of sp³-hybridized carbons (Fsp3) is 0.294. The number of nitrogens with zero attached hydrogens (tertiary/aromatic N) is 1. The predicted molar refractivity (Wildman–Crippen MR) is 81.1 cm³/mol. The summed E-state index contributed by atoms with van der Waals surface area (Å²) >= 11 is 0. The van der Waals surface area contributed by atoms with Crippen LogP contribution in [0.1, 0.15) is 16.7 Å². The highest BCUT2D eigenvalue weighted by molar-refractivity contribution is 5.68. The van der Waals surface area contributed by atoms with Gasteiger partial charge in [-0.15, -0.1) is 0 Å². The van der Waals surface area contributed by atoms with Gasteiger partial charge in [-0.1, -0.05) is 24.3 Å². The maximum Gasteiger partial charge on any atom is 0.0456 e. The molecule has 0 saturated carbocycles. The van der Waals surface area contributed by atoms with E-state index in [1.165, 1.54) is 28.1 Å². The van der Waals surface area contributed by atoms with Crippen molar-refractivity contribution >= 4 is 11.4 Å². The van der Waals surface area contributed by atoms with Crippen molar-refractivity contribution in [2.75, 3.05) is 18.0 Å². The number of aryl methyl sites for hydroxylation is 2. The topological polar surface area (TPSA) is 15.3 Å². The lowest BCUT2D eigenvalue weighted by atomic mass is 10.1. The van der Waals surface area contributed by atoms with Gasteiger partial charge in [-0.3, -0.25) is 0 Å². The van der Waals surface area contributed by atoms with E-state index < -0.39 is 0 Å². The Labute approximate surface area is 115 Å². The van der Waals surface area contributed by atoms with Crippen LogP contribution in [0.5, 0.6) is 0 Å². The van der Waals surface area contributed by atoms with Crippen LogP contribution in [0.4, 0.5) is 11.4 Å². The van der Waals surface area contributed by atoms with Crippen LogP contribution in [-0.2, 0) is 6.54 Å². The summed E-state index contributed by atoms with van der Waals surface area (Å²) in [5.74, 6) is 0. The van der Waals surface area contributed by atoms with E-state index in [0.717, 1.165) is 19.6 Å². The van der Waals surface area contributed by atoms with E-state index in [1.54, 1.807) is 0 Å². The number of rotatable bonds is 1. The van der Waals surface area contributed by atoms with Gasteiger partial charge < -0.3 is 10.2 Å². The molecule has 2 heteroatoms. The lowest BCUT2D eigenvalue weighted by Gasteiger charge is -2.25. The van der Waals surface area contributed by atoms with E-state index >= 15 is 0 Å². The minimum atomic E-state index is 0.956. The average molecular weight is 252 g/mol. The first-order chi connectivity index (χ1) is 9.24. The van der Waals surface area contributed by atoms with E-state index in [4.69, 9.17) is 0 Å². The van der Waals surface area contributed by atoms with Crippen LogP contribution in [0.2, 0.25) is 0 Å². The molecule has 1 aliphatic heterocycles. The van der Waals surface area contributed by atoms with Crippen LogP contribution in [0.15, 0.2) is 42.5 Å². The summed E-state index contributed by atoms with van der Waals surface area (Å²) in [6, 6.07) is 15.4. The minimum Gasteiger partial charge on any atom is -0.340 e.